The minimum absolute atomic E-state index is 0.0253. The highest BCUT2D eigenvalue weighted by atomic mass is 35.5. The average Bonchev–Trinajstić information content (AvgIpc) is 3.09. The number of likely N-dealkylation sites (tertiary alicyclic amines) is 1. The van der Waals surface area contributed by atoms with Crippen LogP contribution in [0.3, 0.4) is 0 Å². The van der Waals surface area contributed by atoms with E-state index in [1.54, 1.807) is 35.2 Å². The molecule has 1 aliphatic heterocycles. The summed E-state index contributed by atoms with van der Waals surface area (Å²) >= 11 is 5.91. The lowest BCUT2D eigenvalue weighted by Crippen LogP contribution is -2.41. The molecule has 5 nitrogen and oxygen atoms in total. The second kappa shape index (κ2) is 6.87. The summed E-state index contributed by atoms with van der Waals surface area (Å²) in [6.45, 7) is 1.13. The minimum Gasteiger partial charge on any atom is -0.472 e. The second-order valence-electron chi connectivity index (χ2n) is 5.58. The highest BCUT2D eigenvalue weighted by molar-refractivity contribution is 6.30. The third-order valence-electron chi connectivity index (χ3n) is 4.01. The maximum atomic E-state index is 12.3. The van der Waals surface area contributed by atoms with Gasteiger partial charge in [-0.3, -0.25) is 9.59 Å². The maximum absolute atomic E-state index is 12.3. The SMILES string of the molecule is O=C(Nc1cccc(Cl)c1)C1CCN(C(=O)c2ccoc2)CC1. The van der Waals surface area contributed by atoms with E-state index in [0.717, 1.165) is 0 Å². The summed E-state index contributed by atoms with van der Waals surface area (Å²) in [5.41, 5.74) is 1.24. The molecule has 1 saturated heterocycles. The predicted molar refractivity (Wildman–Crippen MR) is 87.4 cm³/mol. The topological polar surface area (TPSA) is 62.6 Å². The number of furan rings is 1. The van der Waals surface area contributed by atoms with Crippen molar-refractivity contribution in [3.63, 3.8) is 0 Å². The van der Waals surface area contributed by atoms with Gasteiger partial charge in [-0.1, -0.05) is 17.7 Å². The van der Waals surface area contributed by atoms with E-state index in [2.05, 4.69) is 5.32 Å². The van der Waals surface area contributed by atoms with Gasteiger partial charge in [0.15, 0.2) is 0 Å². The van der Waals surface area contributed by atoms with Gasteiger partial charge < -0.3 is 14.6 Å². The molecule has 1 N–H and O–H groups in total. The van der Waals surface area contributed by atoms with Crippen LogP contribution in [0.5, 0.6) is 0 Å². The van der Waals surface area contributed by atoms with Crippen molar-refractivity contribution in [2.75, 3.05) is 18.4 Å². The Labute approximate surface area is 139 Å². The van der Waals surface area contributed by atoms with E-state index in [9.17, 15) is 9.59 Å². The fourth-order valence-electron chi connectivity index (χ4n) is 2.72. The molecule has 0 bridgehead atoms. The van der Waals surface area contributed by atoms with Gasteiger partial charge in [0, 0.05) is 29.7 Å². The molecule has 3 rings (SSSR count). The molecule has 2 amide bonds. The Morgan fingerprint density at radius 2 is 2.00 bits per heavy atom. The zero-order chi connectivity index (χ0) is 16.2. The number of carbonyl (C=O) groups is 2. The molecular formula is C17H17ClN2O3. The van der Waals surface area contributed by atoms with E-state index in [4.69, 9.17) is 16.0 Å². The molecule has 0 atom stereocenters. The Bertz CT molecular complexity index is 692. The fraction of sp³-hybridized carbons (Fsp3) is 0.294. The van der Waals surface area contributed by atoms with E-state index in [-0.39, 0.29) is 17.7 Å². The van der Waals surface area contributed by atoms with Crippen molar-refractivity contribution in [3.8, 4) is 0 Å². The van der Waals surface area contributed by atoms with Crippen molar-refractivity contribution in [2.45, 2.75) is 12.8 Å². The number of anilines is 1. The summed E-state index contributed by atoms with van der Waals surface area (Å²) in [4.78, 5) is 26.3. The van der Waals surface area contributed by atoms with Crippen LogP contribution in [-0.4, -0.2) is 29.8 Å². The fourth-order valence-corrected chi connectivity index (χ4v) is 2.91. The molecule has 120 valence electrons. The highest BCUT2D eigenvalue weighted by Crippen LogP contribution is 2.22. The molecule has 2 heterocycles. The van der Waals surface area contributed by atoms with Crippen LogP contribution in [-0.2, 0) is 4.79 Å². The Morgan fingerprint density at radius 1 is 1.22 bits per heavy atom. The number of benzene rings is 1. The molecule has 0 saturated carbocycles. The smallest absolute Gasteiger partial charge is 0.257 e. The van der Waals surface area contributed by atoms with Crippen molar-refractivity contribution in [1.82, 2.24) is 4.90 Å². The summed E-state index contributed by atoms with van der Waals surface area (Å²) < 4.78 is 4.94. The normalized spacial score (nSPS) is 15.4. The number of nitrogens with zero attached hydrogens (tertiary/aromatic N) is 1. The van der Waals surface area contributed by atoms with Crippen molar-refractivity contribution in [2.24, 2.45) is 5.92 Å². The average molecular weight is 333 g/mol. The Hall–Kier alpha value is -2.27. The molecule has 1 fully saturated rings. The van der Waals surface area contributed by atoms with Crippen molar-refractivity contribution < 1.29 is 14.0 Å². The van der Waals surface area contributed by atoms with Crippen LogP contribution in [0.15, 0.2) is 47.3 Å². The minimum atomic E-state index is -0.0950. The van der Waals surface area contributed by atoms with Crippen molar-refractivity contribution >= 4 is 29.1 Å². The van der Waals surface area contributed by atoms with Gasteiger partial charge in [-0.25, -0.2) is 0 Å². The Morgan fingerprint density at radius 3 is 2.65 bits per heavy atom. The van der Waals surface area contributed by atoms with Gasteiger partial charge >= 0.3 is 0 Å². The van der Waals surface area contributed by atoms with Crippen LogP contribution in [0, 0.1) is 5.92 Å². The maximum Gasteiger partial charge on any atom is 0.257 e. The van der Waals surface area contributed by atoms with Gasteiger partial charge in [-0.2, -0.15) is 0 Å². The van der Waals surface area contributed by atoms with Crippen LogP contribution in [0.4, 0.5) is 5.69 Å². The summed E-state index contributed by atoms with van der Waals surface area (Å²) in [5, 5.41) is 3.47. The molecule has 0 unspecified atom stereocenters. The van der Waals surface area contributed by atoms with E-state index in [1.807, 2.05) is 0 Å². The van der Waals surface area contributed by atoms with E-state index in [1.165, 1.54) is 12.5 Å². The highest BCUT2D eigenvalue weighted by Gasteiger charge is 2.28. The van der Waals surface area contributed by atoms with Crippen molar-refractivity contribution in [1.29, 1.82) is 0 Å². The van der Waals surface area contributed by atoms with Crippen LogP contribution in [0.2, 0.25) is 5.02 Å². The third-order valence-corrected chi connectivity index (χ3v) is 4.25. The number of hydrogen-bond acceptors (Lipinski definition) is 3. The van der Waals surface area contributed by atoms with Crippen LogP contribution in [0.25, 0.3) is 0 Å². The van der Waals surface area contributed by atoms with Gasteiger partial charge in [0.2, 0.25) is 5.91 Å². The number of piperidine rings is 1. The Balaban J connectivity index is 1.54. The molecular weight excluding hydrogens is 316 g/mol. The number of halogens is 1. The number of rotatable bonds is 3. The monoisotopic (exact) mass is 332 g/mol. The zero-order valence-electron chi connectivity index (χ0n) is 12.5. The first kappa shape index (κ1) is 15.6. The van der Waals surface area contributed by atoms with Gasteiger partial charge in [0.05, 0.1) is 11.8 Å². The Kier molecular flexibility index (Phi) is 4.67. The first-order valence-electron chi connectivity index (χ1n) is 7.51. The summed E-state index contributed by atoms with van der Waals surface area (Å²) in [6.07, 6.45) is 4.23. The van der Waals surface area contributed by atoms with Gasteiger partial charge in [-0.05, 0) is 37.1 Å². The van der Waals surface area contributed by atoms with Crippen LogP contribution in [0.1, 0.15) is 23.2 Å². The standard InChI is InChI=1S/C17H17ClN2O3/c18-14-2-1-3-15(10-14)19-16(21)12-4-7-20(8-5-12)17(22)13-6-9-23-11-13/h1-3,6,9-12H,4-5,7-8H2,(H,19,21). The number of nitrogens with one attached hydrogen (secondary N) is 1. The lowest BCUT2D eigenvalue weighted by molar-refractivity contribution is -0.121. The number of hydrogen-bond donors (Lipinski definition) is 1. The van der Waals surface area contributed by atoms with Crippen LogP contribution >= 0.6 is 11.6 Å². The first-order valence-corrected chi connectivity index (χ1v) is 7.89. The quantitative estimate of drug-likeness (QED) is 0.936. The van der Waals surface area contributed by atoms with Gasteiger partial charge in [0.1, 0.15) is 6.26 Å². The summed E-state index contributed by atoms with van der Waals surface area (Å²) in [5.74, 6) is -0.169. The summed E-state index contributed by atoms with van der Waals surface area (Å²) in [6, 6.07) is 8.74. The molecule has 0 radical (unpaired) electrons. The van der Waals surface area contributed by atoms with E-state index < -0.39 is 0 Å². The molecule has 1 aromatic carbocycles. The lowest BCUT2D eigenvalue weighted by atomic mass is 9.95. The molecule has 2 aromatic rings. The van der Waals surface area contributed by atoms with Crippen molar-refractivity contribution in [3.05, 3.63) is 53.4 Å². The number of carbonyl (C=O) groups excluding carboxylic acids is 2. The largest absolute Gasteiger partial charge is 0.472 e. The molecule has 0 spiro atoms. The first-order chi connectivity index (χ1) is 11.1. The molecule has 0 aliphatic carbocycles. The summed E-state index contributed by atoms with van der Waals surface area (Å²) in [7, 11) is 0. The van der Waals surface area contributed by atoms with Crippen LogP contribution < -0.4 is 5.32 Å². The van der Waals surface area contributed by atoms with Gasteiger partial charge in [0.25, 0.3) is 5.91 Å². The van der Waals surface area contributed by atoms with E-state index in [0.29, 0.717) is 42.2 Å². The second-order valence-corrected chi connectivity index (χ2v) is 6.01. The molecule has 1 aliphatic rings. The number of amides is 2. The molecule has 23 heavy (non-hydrogen) atoms. The molecule has 6 heteroatoms. The lowest BCUT2D eigenvalue weighted by Gasteiger charge is -2.31. The van der Waals surface area contributed by atoms with E-state index >= 15 is 0 Å². The predicted octanol–water partition coefficient (Wildman–Crippen LogP) is 3.42. The third kappa shape index (κ3) is 3.74. The van der Waals surface area contributed by atoms with Gasteiger partial charge in [-0.15, -0.1) is 0 Å². The molecule has 1 aromatic heterocycles. The zero-order valence-corrected chi connectivity index (χ0v) is 13.3.